The third-order valence-corrected chi connectivity index (χ3v) is 4.47. The Morgan fingerprint density at radius 1 is 1.19 bits per heavy atom. The molecule has 6 nitrogen and oxygen atoms in total. The predicted octanol–water partition coefficient (Wildman–Crippen LogP) is 4.02. The number of hydrogen-bond donors (Lipinski definition) is 1. The van der Waals surface area contributed by atoms with Gasteiger partial charge in [0.2, 0.25) is 6.79 Å². The highest BCUT2D eigenvalue weighted by molar-refractivity contribution is 7.12. The maximum Gasteiger partial charge on any atom is 0.231 e. The van der Waals surface area contributed by atoms with Crippen molar-refractivity contribution in [1.82, 2.24) is 4.98 Å². The fourth-order valence-corrected chi connectivity index (χ4v) is 3.10. The number of nitrogens with zero attached hydrogens (tertiary/aromatic N) is 3. The fraction of sp³-hybridized carbons (Fsp3) is 0.0556. The largest absolute Gasteiger partial charge is 0.454 e. The molecule has 1 aromatic heterocycles. The maximum atomic E-state index is 12.9. The molecule has 0 saturated heterocycles. The highest BCUT2D eigenvalue weighted by Gasteiger charge is 2.16. The smallest absolute Gasteiger partial charge is 0.231 e. The van der Waals surface area contributed by atoms with Crippen LogP contribution in [-0.2, 0) is 0 Å². The molecule has 2 heterocycles. The van der Waals surface area contributed by atoms with Crippen LogP contribution in [0.2, 0.25) is 0 Å². The first kappa shape index (κ1) is 16.1. The van der Waals surface area contributed by atoms with E-state index in [1.54, 1.807) is 0 Å². The first-order valence-electron chi connectivity index (χ1n) is 7.58. The Hall–Kier alpha value is -3.44. The van der Waals surface area contributed by atoms with E-state index in [0.717, 1.165) is 5.56 Å². The molecule has 0 bridgehead atoms. The van der Waals surface area contributed by atoms with Crippen molar-refractivity contribution in [2.24, 2.45) is 5.10 Å². The molecule has 0 aliphatic carbocycles. The molecule has 0 spiro atoms. The van der Waals surface area contributed by atoms with Crippen molar-refractivity contribution in [2.75, 3.05) is 12.2 Å². The summed E-state index contributed by atoms with van der Waals surface area (Å²) in [4.78, 5) is 4.47. The lowest BCUT2D eigenvalue weighted by atomic mass is 10.1. The van der Waals surface area contributed by atoms with Crippen molar-refractivity contribution < 1.29 is 13.9 Å². The van der Waals surface area contributed by atoms with Gasteiger partial charge in [0.25, 0.3) is 0 Å². The summed E-state index contributed by atoms with van der Waals surface area (Å²) in [6.07, 6.45) is 0. The van der Waals surface area contributed by atoms with E-state index in [4.69, 9.17) is 9.47 Å². The molecule has 0 amide bonds. The van der Waals surface area contributed by atoms with Gasteiger partial charge in [0.05, 0.1) is 11.4 Å². The van der Waals surface area contributed by atoms with Crippen LogP contribution in [0.25, 0.3) is 11.3 Å². The van der Waals surface area contributed by atoms with Crippen molar-refractivity contribution in [3.8, 4) is 28.8 Å². The molecule has 0 atom stereocenters. The molecule has 3 aromatic rings. The molecule has 1 N–H and O–H groups in total. The van der Waals surface area contributed by atoms with Crippen LogP contribution in [0, 0.1) is 17.1 Å². The zero-order valence-corrected chi connectivity index (χ0v) is 14.1. The Bertz CT molecular complexity index is 1020. The number of fused-ring (bicyclic) bond motifs is 1. The SMILES string of the molecule is N#CC(=NNc1ccc(F)cc1)c1nc(-c2ccc3c(c2)OCO3)cs1. The molecule has 0 radical (unpaired) electrons. The topological polar surface area (TPSA) is 79.5 Å². The van der Waals surface area contributed by atoms with Crippen molar-refractivity contribution in [3.63, 3.8) is 0 Å². The summed E-state index contributed by atoms with van der Waals surface area (Å²) in [5.41, 5.74) is 5.03. The lowest BCUT2D eigenvalue weighted by Gasteiger charge is -2.00. The molecule has 128 valence electrons. The molecule has 8 heteroatoms. The lowest BCUT2D eigenvalue weighted by molar-refractivity contribution is 0.174. The van der Waals surface area contributed by atoms with Crippen molar-refractivity contribution >= 4 is 22.7 Å². The van der Waals surface area contributed by atoms with Gasteiger partial charge in [-0.3, -0.25) is 5.43 Å². The highest BCUT2D eigenvalue weighted by atomic mass is 32.1. The fourth-order valence-electron chi connectivity index (χ4n) is 2.34. The quantitative estimate of drug-likeness (QED) is 0.557. The summed E-state index contributed by atoms with van der Waals surface area (Å²) in [7, 11) is 0. The molecule has 2 aromatic carbocycles. The van der Waals surface area contributed by atoms with Gasteiger partial charge in [-0.15, -0.1) is 11.3 Å². The Balaban J connectivity index is 1.56. The number of aromatic nitrogens is 1. The number of rotatable bonds is 4. The van der Waals surface area contributed by atoms with Gasteiger partial charge < -0.3 is 9.47 Å². The van der Waals surface area contributed by atoms with E-state index >= 15 is 0 Å². The molecular weight excluding hydrogens is 355 g/mol. The average molecular weight is 366 g/mol. The van der Waals surface area contributed by atoms with E-state index in [9.17, 15) is 9.65 Å². The number of ether oxygens (including phenoxy) is 2. The van der Waals surface area contributed by atoms with E-state index in [1.165, 1.54) is 35.6 Å². The molecule has 1 aliphatic heterocycles. The van der Waals surface area contributed by atoms with Crippen LogP contribution < -0.4 is 14.9 Å². The molecule has 0 fully saturated rings. The van der Waals surface area contributed by atoms with Gasteiger partial charge >= 0.3 is 0 Å². The second-order valence-electron chi connectivity index (χ2n) is 5.30. The number of hydrogen-bond acceptors (Lipinski definition) is 7. The number of anilines is 1. The Labute approximate surface area is 152 Å². The lowest BCUT2D eigenvalue weighted by Crippen LogP contribution is -2.01. The summed E-state index contributed by atoms with van der Waals surface area (Å²) >= 11 is 1.31. The molecule has 26 heavy (non-hydrogen) atoms. The van der Waals surface area contributed by atoms with Crippen molar-refractivity contribution in [1.29, 1.82) is 5.26 Å². The molecule has 1 aliphatic rings. The van der Waals surface area contributed by atoms with Crippen LogP contribution in [-0.4, -0.2) is 17.5 Å². The second-order valence-corrected chi connectivity index (χ2v) is 6.15. The van der Waals surface area contributed by atoms with E-state index < -0.39 is 0 Å². The molecular formula is C18H11FN4O2S. The summed E-state index contributed by atoms with van der Waals surface area (Å²) in [6, 6.07) is 13.3. The minimum Gasteiger partial charge on any atom is -0.454 e. The van der Waals surface area contributed by atoms with Gasteiger partial charge in [0, 0.05) is 10.9 Å². The number of benzene rings is 2. The minimum absolute atomic E-state index is 0.145. The Kier molecular flexibility index (Phi) is 4.21. The number of nitrogens with one attached hydrogen (secondary N) is 1. The minimum atomic E-state index is -0.340. The van der Waals surface area contributed by atoms with E-state index in [2.05, 4.69) is 15.5 Å². The Morgan fingerprint density at radius 3 is 2.81 bits per heavy atom. The third-order valence-electron chi connectivity index (χ3n) is 3.62. The van der Waals surface area contributed by atoms with Gasteiger partial charge in [-0.1, -0.05) is 0 Å². The summed E-state index contributed by atoms with van der Waals surface area (Å²) < 4.78 is 23.6. The van der Waals surface area contributed by atoms with E-state index in [0.29, 0.717) is 27.9 Å². The van der Waals surface area contributed by atoms with Crippen LogP contribution >= 0.6 is 11.3 Å². The van der Waals surface area contributed by atoms with Crippen LogP contribution in [0.5, 0.6) is 11.5 Å². The number of halogens is 1. The van der Waals surface area contributed by atoms with Crippen molar-refractivity contribution in [2.45, 2.75) is 0 Å². The van der Waals surface area contributed by atoms with Crippen LogP contribution in [0.3, 0.4) is 0 Å². The summed E-state index contributed by atoms with van der Waals surface area (Å²) in [5.74, 6) is 1.03. The standard InChI is InChI=1S/C18H11FN4O2S/c19-12-2-4-13(5-3-12)22-23-14(8-20)18-21-15(9-26-18)11-1-6-16-17(7-11)25-10-24-16/h1-7,9,22H,10H2. The summed E-state index contributed by atoms with van der Waals surface area (Å²) in [5, 5.41) is 15.7. The predicted molar refractivity (Wildman–Crippen MR) is 95.8 cm³/mol. The summed E-state index contributed by atoms with van der Waals surface area (Å²) in [6.45, 7) is 0.210. The van der Waals surface area contributed by atoms with Crippen LogP contribution in [0.15, 0.2) is 52.9 Å². The first-order chi connectivity index (χ1) is 12.7. The van der Waals surface area contributed by atoms with Gasteiger partial charge in [-0.2, -0.15) is 10.4 Å². The average Bonchev–Trinajstić information content (AvgIpc) is 3.32. The van der Waals surface area contributed by atoms with Gasteiger partial charge in [-0.25, -0.2) is 9.37 Å². The molecule has 0 unspecified atom stereocenters. The van der Waals surface area contributed by atoms with Gasteiger partial charge in [0.15, 0.2) is 22.2 Å². The van der Waals surface area contributed by atoms with Crippen LogP contribution in [0.4, 0.5) is 10.1 Å². The monoisotopic (exact) mass is 366 g/mol. The number of nitriles is 1. The van der Waals surface area contributed by atoms with E-state index in [1.807, 2.05) is 29.6 Å². The van der Waals surface area contributed by atoms with E-state index in [-0.39, 0.29) is 18.3 Å². The Morgan fingerprint density at radius 2 is 2.00 bits per heavy atom. The van der Waals surface area contributed by atoms with Gasteiger partial charge in [0.1, 0.15) is 11.9 Å². The van der Waals surface area contributed by atoms with Crippen molar-refractivity contribution in [3.05, 3.63) is 58.7 Å². The normalized spacial score (nSPS) is 12.7. The van der Waals surface area contributed by atoms with Crippen LogP contribution in [0.1, 0.15) is 5.01 Å². The zero-order valence-electron chi connectivity index (χ0n) is 13.3. The molecule has 0 saturated carbocycles. The second kappa shape index (κ2) is 6.82. The first-order valence-corrected chi connectivity index (χ1v) is 8.46. The number of hydrazone groups is 1. The zero-order chi connectivity index (χ0) is 17.9. The molecule has 4 rings (SSSR count). The third kappa shape index (κ3) is 3.20. The maximum absolute atomic E-state index is 12.9. The van der Waals surface area contributed by atoms with Gasteiger partial charge in [-0.05, 0) is 42.5 Å². The highest BCUT2D eigenvalue weighted by Crippen LogP contribution is 2.36. The number of thiazole rings is 1.